The van der Waals surface area contributed by atoms with Gasteiger partial charge in [-0.1, -0.05) is 6.07 Å². The molecule has 0 bridgehead atoms. The number of hydrogen-bond acceptors (Lipinski definition) is 4. The number of benzene rings is 1. The first-order valence-electron chi connectivity index (χ1n) is 6.45. The van der Waals surface area contributed by atoms with E-state index in [1.807, 2.05) is 13.0 Å². The zero-order valence-electron chi connectivity index (χ0n) is 12.3. The van der Waals surface area contributed by atoms with Crippen LogP contribution in [0.5, 0.6) is 5.75 Å². The van der Waals surface area contributed by atoms with Crippen LogP contribution in [0.4, 0.5) is 0 Å². The van der Waals surface area contributed by atoms with Crippen LogP contribution < -0.4 is 4.74 Å². The highest BCUT2D eigenvalue weighted by Crippen LogP contribution is 2.27. The van der Waals surface area contributed by atoms with Crippen molar-refractivity contribution in [3.05, 3.63) is 53.9 Å². The monoisotopic (exact) mass is 306 g/mol. The van der Waals surface area contributed by atoms with Crippen LogP contribution in [-0.4, -0.2) is 31.9 Å². The molecule has 0 atom stereocenters. The normalized spacial score (nSPS) is 11.6. The molecule has 6 heteroatoms. The molecule has 1 heterocycles. The van der Waals surface area contributed by atoms with Gasteiger partial charge in [-0.25, -0.2) is 8.42 Å². The Morgan fingerprint density at radius 1 is 1.19 bits per heavy atom. The summed E-state index contributed by atoms with van der Waals surface area (Å²) in [4.78, 5) is 4.11. The van der Waals surface area contributed by atoms with Gasteiger partial charge in [-0.15, -0.1) is 0 Å². The standard InChI is InChI=1S/C15H18N2O3S/c1-12-4-5-14(20-3)15(10-12)21(18,19)17(2)11-13-6-8-16-9-7-13/h4-10H,11H2,1-3H3. The Balaban J connectivity index is 2.35. The molecule has 112 valence electrons. The van der Waals surface area contributed by atoms with Crippen molar-refractivity contribution in [2.24, 2.45) is 0 Å². The van der Waals surface area contributed by atoms with E-state index < -0.39 is 10.0 Å². The summed E-state index contributed by atoms with van der Waals surface area (Å²) in [6, 6.07) is 8.69. The fourth-order valence-corrected chi connectivity index (χ4v) is 3.38. The SMILES string of the molecule is COc1ccc(C)cc1S(=O)(=O)N(C)Cc1ccncc1. The van der Waals surface area contributed by atoms with Gasteiger partial charge in [0.25, 0.3) is 0 Å². The lowest BCUT2D eigenvalue weighted by Crippen LogP contribution is -2.27. The third-order valence-electron chi connectivity index (χ3n) is 3.16. The first kappa shape index (κ1) is 15.5. The molecular weight excluding hydrogens is 288 g/mol. The van der Waals surface area contributed by atoms with Crippen LogP contribution in [0.1, 0.15) is 11.1 Å². The van der Waals surface area contributed by atoms with Gasteiger partial charge in [0.2, 0.25) is 10.0 Å². The summed E-state index contributed by atoms with van der Waals surface area (Å²) in [7, 11) is -0.597. The van der Waals surface area contributed by atoms with Crippen LogP contribution in [0.15, 0.2) is 47.6 Å². The van der Waals surface area contributed by atoms with Crippen LogP contribution in [0, 0.1) is 6.92 Å². The van der Waals surface area contributed by atoms with Gasteiger partial charge in [0.1, 0.15) is 10.6 Å². The number of rotatable bonds is 5. The average Bonchev–Trinajstić information content (AvgIpc) is 2.48. The molecular formula is C15H18N2O3S. The third-order valence-corrected chi connectivity index (χ3v) is 4.99. The van der Waals surface area contributed by atoms with Gasteiger partial charge in [-0.3, -0.25) is 4.98 Å². The molecule has 0 amide bonds. The van der Waals surface area contributed by atoms with Gasteiger partial charge in [-0.05, 0) is 42.3 Å². The minimum atomic E-state index is -3.61. The largest absolute Gasteiger partial charge is 0.495 e. The Labute approximate surface area is 125 Å². The predicted molar refractivity (Wildman–Crippen MR) is 80.6 cm³/mol. The first-order valence-corrected chi connectivity index (χ1v) is 7.89. The summed E-state index contributed by atoms with van der Waals surface area (Å²) in [5, 5.41) is 0. The van der Waals surface area contributed by atoms with Gasteiger partial charge in [0.15, 0.2) is 0 Å². The quantitative estimate of drug-likeness (QED) is 0.850. The van der Waals surface area contributed by atoms with E-state index in [1.54, 1.807) is 43.7 Å². The molecule has 0 aliphatic heterocycles. The molecule has 1 aromatic heterocycles. The highest BCUT2D eigenvalue weighted by Gasteiger charge is 2.25. The fourth-order valence-electron chi connectivity index (χ4n) is 1.98. The van der Waals surface area contributed by atoms with Crippen molar-refractivity contribution >= 4 is 10.0 Å². The van der Waals surface area contributed by atoms with E-state index in [0.29, 0.717) is 5.75 Å². The zero-order valence-corrected chi connectivity index (χ0v) is 13.1. The lowest BCUT2D eigenvalue weighted by Gasteiger charge is -2.19. The number of ether oxygens (including phenoxy) is 1. The second kappa shape index (κ2) is 6.24. The number of pyridine rings is 1. The molecule has 0 N–H and O–H groups in total. The van der Waals surface area contributed by atoms with Crippen molar-refractivity contribution in [2.75, 3.05) is 14.2 Å². The van der Waals surface area contributed by atoms with Crippen molar-refractivity contribution < 1.29 is 13.2 Å². The average molecular weight is 306 g/mol. The molecule has 0 unspecified atom stereocenters. The van der Waals surface area contributed by atoms with E-state index >= 15 is 0 Å². The number of sulfonamides is 1. The fraction of sp³-hybridized carbons (Fsp3) is 0.267. The van der Waals surface area contributed by atoms with Gasteiger partial charge in [0.05, 0.1) is 7.11 Å². The maximum atomic E-state index is 12.7. The van der Waals surface area contributed by atoms with Crippen LogP contribution in [0.2, 0.25) is 0 Å². The smallest absolute Gasteiger partial charge is 0.246 e. The summed E-state index contributed by atoms with van der Waals surface area (Å²) in [5.41, 5.74) is 1.74. The van der Waals surface area contributed by atoms with Gasteiger partial charge < -0.3 is 4.74 Å². The Bertz CT molecular complexity index is 715. The predicted octanol–water partition coefficient (Wildman–Crippen LogP) is 2.22. The molecule has 0 saturated carbocycles. The number of methoxy groups -OCH3 is 1. The lowest BCUT2D eigenvalue weighted by atomic mass is 10.2. The minimum Gasteiger partial charge on any atom is -0.495 e. The van der Waals surface area contributed by atoms with Gasteiger partial charge in [-0.2, -0.15) is 4.31 Å². The Kier molecular flexibility index (Phi) is 4.59. The second-order valence-corrected chi connectivity index (χ2v) is 6.78. The van der Waals surface area contributed by atoms with Crippen molar-refractivity contribution in [2.45, 2.75) is 18.4 Å². The molecule has 2 aromatic rings. The highest BCUT2D eigenvalue weighted by molar-refractivity contribution is 7.89. The summed E-state index contributed by atoms with van der Waals surface area (Å²) >= 11 is 0. The van der Waals surface area contributed by atoms with Gasteiger partial charge in [0, 0.05) is 26.0 Å². The first-order chi connectivity index (χ1) is 9.95. The van der Waals surface area contributed by atoms with E-state index in [-0.39, 0.29) is 11.4 Å². The molecule has 0 radical (unpaired) electrons. The Morgan fingerprint density at radius 3 is 2.48 bits per heavy atom. The topological polar surface area (TPSA) is 59.5 Å². The number of aromatic nitrogens is 1. The Hall–Kier alpha value is -1.92. The summed E-state index contributed by atoms with van der Waals surface area (Å²) in [5.74, 6) is 0.349. The van der Waals surface area contributed by atoms with Crippen LogP contribution in [0.3, 0.4) is 0 Å². The number of aryl methyl sites for hydroxylation is 1. The molecule has 0 aliphatic rings. The minimum absolute atomic E-state index is 0.182. The van der Waals surface area contributed by atoms with Crippen molar-refractivity contribution in [1.82, 2.24) is 9.29 Å². The van der Waals surface area contributed by atoms with E-state index in [1.165, 1.54) is 11.4 Å². The summed E-state index contributed by atoms with van der Waals surface area (Å²) < 4.78 is 31.9. The van der Waals surface area contributed by atoms with Crippen molar-refractivity contribution in [3.63, 3.8) is 0 Å². The number of nitrogens with zero attached hydrogens (tertiary/aromatic N) is 2. The maximum Gasteiger partial charge on any atom is 0.246 e. The van der Waals surface area contributed by atoms with Gasteiger partial charge >= 0.3 is 0 Å². The van der Waals surface area contributed by atoms with E-state index in [2.05, 4.69) is 4.98 Å². The van der Waals surface area contributed by atoms with Crippen molar-refractivity contribution in [3.8, 4) is 5.75 Å². The van der Waals surface area contributed by atoms with Crippen LogP contribution >= 0.6 is 0 Å². The summed E-state index contributed by atoms with van der Waals surface area (Å²) in [6.07, 6.45) is 3.28. The molecule has 2 rings (SSSR count). The van der Waals surface area contributed by atoms with E-state index in [9.17, 15) is 8.42 Å². The molecule has 0 spiro atoms. The molecule has 21 heavy (non-hydrogen) atoms. The van der Waals surface area contributed by atoms with Crippen LogP contribution in [0.25, 0.3) is 0 Å². The van der Waals surface area contributed by atoms with E-state index in [0.717, 1.165) is 11.1 Å². The molecule has 5 nitrogen and oxygen atoms in total. The van der Waals surface area contributed by atoms with E-state index in [4.69, 9.17) is 4.74 Å². The molecule has 0 fully saturated rings. The Morgan fingerprint density at radius 2 is 1.86 bits per heavy atom. The lowest BCUT2D eigenvalue weighted by molar-refractivity contribution is 0.397. The zero-order chi connectivity index (χ0) is 15.5. The number of hydrogen-bond donors (Lipinski definition) is 0. The second-order valence-electron chi connectivity index (χ2n) is 4.77. The summed E-state index contributed by atoms with van der Waals surface area (Å²) in [6.45, 7) is 2.13. The van der Waals surface area contributed by atoms with Crippen LogP contribution in [-0.2, 0) is 16.6 Å². The molecule has 0 saturated heterocycles. The maximum absolute atomic E-state index is 12.7. The third kappa shape index (κ3) is 3.40. The highest BCUT2D eigenvalue weighted by atomic mass is 32.2. The molecule has 0 aliphatic carbocycles. The molecule has 1 aromatic carbocycles. The van der Waals surface area contributed by atoms with Crippen molar-refractivity contribution in [1.29, 1.82) is 0 Å².